The highest BCUT2D eigenvalue weighted by Crippen LogP contribution is 2.20. The molecule has 1 radical (unpaired) electrons. The van der Waals surface area contributed by atoms with Gasteiger partial charge >= 0.3 is 0 Å². The van der Waals surface area contributed by atoms with Crippen molar-refractivity contribution < 1.29 is 8.78 Å². The topological polar surface area (TPSA) is 12.9 Å². The molecule has 0 N–H and O–H groups in total. The molecule has 2 aromatic rings. The van der Waals surface area contributed by atoms with Crippen LogP contribution in [0.5, 0.6) is 0 Å². The van der Waals surface area contributed by atoms with Gasteiger partial charge in [0, 0.05) is 23.7 Å². The Morgan fingerprint density at radius 3 is 2.94 bits per heavy atom. The molecule has 1 heterocycles. The lowest BCUT2D eigenvalue weighted by Gasteiger charge is -2.02. The SMILES string of the molecule is C=C(C=C(F)F)c1ccc2nc[c]cc2c1. The zero-order valence-electron chi connectivity index (χ0n) is 8.37. The lowest BCUT2D eigenvalue weighted by molar-refractivity contribution is 0.422. The van der Waals surface area contributed by atoms with Gasteiger partial charge in [0.1, 0.15) is 0 Å². The molecule has 2 rings (SSSR count). The van der Waals surface area contributed by atoms with Crippen molar-refractivity contribution >= 4 is 16.5 Å². The number of pyridine rings is 1. The standard InChI is InChI=1S/C13H8F2N/c1-9(7-13(14)15)10-4-5-12-11(8-10)3-2-6-16-12/h3-8H,1H2. The van der Waals surface area contributed by atoms with Crippen LogP contribution in [0.25, 0.3) is 16.5 Å². The summed E-state index contributed by atoms with van der Waals surface area (Å²) < 4.78 is 24.1. The quantitative estimate of drug-likeness (QED) is 0.695. The van der Waals surface area contributed by atoms with E-state index >= 15 is 0 Å². The second-order valence-corrected chi connectivity index (χ2v) is 3.30. The molecule has 0 aliphatic carbocycles. The van der Waals surface area contributed by atoms with Gasteiger partial charge in [0.15, 0.2) is 0 Å². The Bertz CT molecular complexity index is 569. The fraction of sp³-hybridized carbons (Fsp3) is 0. The minimum absolute atomic E-state index is 0.283. The van der Waals surface area contributed by atoms with Gasteiger partial charge in [0.05, 0.1) is 5.52 Å². The van der Waals surface area contributed by atoms with Crippen molar-refractivity contribution in [3.63, 3.8) is 0 Å². The Labute approximate surface area is 91.7 Å². The maximum atomic E-state index is 12.1. The molecule has 16 heavy (non-hydrogen) atoms. The molecule has 1 aromatic carbocycles. The summed E-state index contributed by atoms with van der Waals surface area (Å²) in [6.45, 7) is 3.58. The van der Waals surface area contributed by atoms with Crippen LogP contribution in [-0.4, -0.2) is 4.98 Å². The van der Waals surface area contributed by atoms with E-state index in [9.17, 15) is 8.78 Å². The first-order valence-electron chi connectivity index (χ1n) is 4.64. The highest BCUT2D eigenvalue weighted by atomic mass is 19.3. The summed E-state index contributed by atoms with van der Waals surface area (Å²) in [6.07, 6.45) is 0.571. The van der Waals surface area contributed by atoms with E-state index in [1.165, 1.54) is 0 Å². The first-order chi connectivity index (χ1) is 7.66. The highest BCUT2D eigenvalue weighted by Gasteiger charge is 2.00. The van der Waals surface area contributed by atoms with E-state index in [2.05, 4.69) is 17.6 Å². The van der Waals surface area contributed by atoms with Crippen LogP contribution in [0, 0.1) is 6.07 Å². The summed E-state index contributed by atoms with van der Waals surface area (Å²) in [6, 6.07) is 9.85. The number of hydrogen-bond donors (Lipinski definition) is 0. The fourth-order valence-corrected chi connectivity index (χ4v) is 1.44. The number of halogens is 2. The van der Waals surface area contributed by atoms with Crippen LogP contribution in [0.3, 0.4) is 0 Å². The molecule has 0 unspecified atom stereocenters. The van der Waals surface area contributed by atoms with Gasteiger partial charge in [-0.3, -0.25) is 4.98 Å². The summed E-state index contributed by atoms with van der Waals surface area (Å²) >= 11 is 0. The molecule has 3 heteroatoms. The third-order valence-corrected chi connectivity index (χ3v) is 2.20. The van der Waals surface area contributed by atoms with Crippen LogP contribution in [0.2, 0.25) is 0 Å². The van der Waals surface area contributed by atoms with Gasteiger partial charge < -0.3 is 0 Å². The van der Waals surface area contributed by atoms with Gasteiger partial charge in [-0.15, -0.1) is 0 Å². The van der Waals surface area contributed by atoms with Crippen molar-refractivity contribution in [3.8, 4) is 0 Å². The number of benzene rings is 1. The maximum Gasteiger partial charge on any atom is 0.270 e. The molecule has 1 nitrogen and oxygen atoms in total. The molecule has 0 aliphatic heterocycles. The first kappa shape index (κ1) is 10.5. The number of allylic oxidation sites excluding steroid dienone is 2. The zero-order valence-corrected chi connectivity index (χ0v) is 8.37. The number of nitrogens with zero attached hydrogens (tertiary/aromatic N) is 1. The smallest absolute Gasteiger partial charge is 0.256 e. The molecule has 0 spiro atoms. The fourth-order valence-electron chi connectivity index (χ4n) is 1.44. The molecule has 79 valence electrons. The monoisotopic (exact) mass is 216 g/mol. The van der Waals surface area contributed by atoms with E-state index in [0.717, 1.165) is 17.0 Å². The predicted octanol–water partition coefficient (Wildman–Crippen LogP) is 3.83. The Kier molecular flexibility index (Phi) is 2.77. The van der Waals surface area contributed by atoms with Crippen molar-refractivity contribution in [3.05, 3.63) is 60.8 Å². The summed E-state index contributed by atoms with van der Waals surface area (Å²) in [5, 5.41) is 0.855. The van der Waals surface area contributed by atoms with E-state index < -0.39 is 6.08 Å². The average Bonchev–Trinajstić information content (AvgIpc) is 2.27. The maximum absolute atomic E-state index is 12.1. The minimum Gasteiger partial charge on any atom is -0.256 e. The molecular weight excluding hydrogens is 208 g/mol. The molecule has 0 bridgehead atoms. The Morgan fingerprint density at radius 2 is 2.19 bits per heavy atom. The molecule has 0 atom stereocenters. The minimum atomic E-state index is -1.75. The summed E-state index contributed by atoms with van der Waals surface area (Å²) in [5.41, 5.74) is 1.74. The van der Waals surface area contributed by atoms with Crippen molar-refractivity contribution in [2.75, 3.05) is 0 Å². The molecule has 0 saturated carbocycles. The van der Waals surface area contributed by atoms with E-state index in [1.807, 2.05) is 0 Å². The number of aromatic nitrogens is 1. The summed E-state index contributed by atoms with van der Waals surface area (Å²) in [7, 11) is 0. The predicted molar refractivity (Wildman–Crippen MR) is 59.9 cm³/mol. The van der Waals surface area contributed by atoms with Crippen LogP contribution in [0.15, 0.2) is 49.2 Å². The van der Waals surface area contributed by atoms with Crippen LogP contribution in [-0.2, 0) is 0 Å². The lowest BCUT2D eigenvalue weighted by Crippen LogP contribution is -1.82. The largest absolute Gasteiger partial charge is 0.270 e. The number of hydrogen-bond acceptors (Lipinski definition) is 1. The highest BCUT2D eigenvalue weighted by molar-refractivity contribution is 5.84. The van der Waals surface area contributed by atoms with Crippen LogP contribution < -0.4 is 0 Å². The normalized spacial score (nSPS) is 10.1. The Balaban J connectivity index is 2.47. The molecule has 0 fully saturated rings. The average molecular weight is 216 g/mol. The Morgan fingerprint density at radius 1 is 1.38 bits per heavy atom. The molecule has 0 amide bonds. The van der Waals surface area contributed by atoms with Gasteiger partial charge in [-0.05, 0) is 29.3 Å². The van der Waals surface area contributed by atoms with Gasteiger partial charge in [0.2, 0.25) is 0 Å². The second kappa shape index (κ2) is 4.23. The van der Waals surface area contributed by atoms with Crippen molar-refractivity contribution in [2.45, 2.75) is 0 Å². The summed E-state index contributed by atoms with van der Waals surface area (Å²) in [5.74, 6) is 0. The number of rotatable bonds is 2. The van der Waals surface area contributed by atoms with E-state index in [0.29, 0.717) is 5.56 Å². The van der Waals surface area contributed by atoms with Crippen molar-refractivity contribution in [2.24, 2.45) is 0 Å². The van der Waals surface area contributed by atoms with Crippen molar-refractivity contribution in [1.29, 1.82) is 0 Å². The Hall–Kier alpha value is -2.03. The van der Waals surface area contributed by atoms with Crippen LogP contribution in [0.4, 0.5) is 8.78 Å². The lowest BCUT2D eigenvalue weighted by atomic mass is 10.0. The summed E-state index contributed by atoms with van der Waals surface area (Å²) in [4.78, 5) is 4.09. The second-order valence-electron chi connectivity index (χ2n) is 3.30. The first-order valence-corrected chi connectivity index (χ1v) is 4.64. The van der Waals surface area contributed by atoms with Crippen LogP contribution >= 0.6 is 0 Å². The third-order valence-electron chi connectivity index (χ3n) is 2.20. The van der Waals surface area contributed by atoms with E-state index in [-0.39, 0.29) is 5.57 Å². The molecule has 0 saturated heterocycles. The van der Waals surface area contributed by atoms with Gasteiger partial charge in [-0.25, -0.2) is 0 Å². The van der Waals surface area contributed by atoms with Gasteiger partial charge in [-0.2, -0.15) is 8.78 Å². The van der Waals surface area contributed by atoms with Gasteiger partial charge in [-0.1, -0.05) is 12.6 Å². The van der Waals surface area contributed by atoms with E-state index in [4.69, 9.17) is 0 Å². The third kappa shape index (κ3) is 2.14. The molecule has 0 aliphatic rings. The zero-order chi connectivity index (χ0) is 11.5. The molecular formula is C13H8F2N. The van der Waals surface area contributed by atoms with Crippen LogP contribution in [0.1, 0.15) is 5.56 Å². The van der Waals surface area contributed by atoms with Gasteiger partial charge in [0.25, 0.3) is 6.08 Å². The molecule has 1 aromatic heterocycles. The van der Waals surface area contributed by atoms with E-state index in [1.54, 1.807) is 30.5 Å². The van der Waals surface area contributed by atoms with Crippen molar-refractivity contribution in [1.82, 2.24) is 4.98 Å². The number of fused-ring (bicyclic) bond motifs is 1.